The molecule has 0 spiro atoms. The zero-order valence-corrected chi connectivity index (χ0v) is 12.6. The number of ether oxygens (including phenoxy) is 1. The van der Waals surface area contributed by atoms with E-state index in [1.165, 1.54) is 6.07 Å². The van der Waals surface area contributed by atoms with Gasteiger partial charge in [0.25, 0.3) is 0 Å². The lowest BCUT2D eigenvalue weighted by atomic mass is 9.99. The van der Waals surface area contributed by atoms with E-state index in [4.69, 9.17) is 4.74 Å². The van der Waals surface area contributed by atoms with Crippen molar-refractivity contribution in [2.24, 2.45) is 0 Å². The molecule has 1 fully saturated rings. The van der Waals surface area contributed by atoms with E-state index in [9.17, 15) is 4.39 Å². The Labute approximate surface area is 129 Å². The van der Waals surface area contributed by atoms with Crippen molar-refractivity contribution in [1.82, 2.24) is 15.2 Å². The number of benzene rings is 1. The first-order valence-electron chi connectivity index (χ1n) is 7.48. The predicted molar refractivity (Wildman–Crippen MR) is 83.5 cm³/mol. The molecular formula is C17H20FN3O. The molecule has 1 aromatic carbocycles. The van der Waals surface area contributed by atoms with E-state index in [1.54, 1.807) is 25.4 Å². The fourth-order valence-electron chi connectivity index (χ4n) is 2.94. The molecular weight excluding hydrogens is 281 g/mol. The summed E-state index contributed by atoms with van der Waals surface area (Å²) < 4.78 is 19.3. The number of hydrogen-bond donors (Lipinski definition) is 1. The van der Waals surface area contributed by atoms with Gasteiger partial charge in [0.2, 0.25) is 0 Å². The molecule has 0 radical (unpaired) electrons. The van der Waals surface area contributed by atoms with Gasteiger partial charge in [-0.25, -0.2) is 4.39 Å². The Kier molecular flexibility index (Phi) is 4.65. The molecule has 22 heavy (non-hydrogen) atoms. The van der Waals surface area contributed by atoms with Crippen LogP contribution in [0.2, 0.25) is 0 Å². The highest BCUT2D eigenvalue weighted by Gasteiger charge is 2.27. The lowest BCUT2D eigenvalue weighted by Gasteiger charge is -2.35. The normalized spacial score (nSPS) is 17.2. The van der Waals surface area contributed by atoms with Crippen LogP contribution in [0.3, 0.4) is 0 Å². The largest absolute Gasteiger partial charge is 0.496 e. The van der Waals surface area contributed by atoms with Crippen molar-refractivity contribution in [3.05, 3.63) is 59.7 Å². The summed E-state index contributed by atoms with van der Waals surface area (Å²) in [4.78, 5) is 6.81. The van der Waals surface area contributed by atoms with Crippen molar-refractivity contribution in [1.29, 1.82) is 0 Å². The summed E-state index contributed by atoms with van der Waals surface area (Å²) in [6.07, 6.45) is 1.77. The minimum absolute atomic E-state index is 0.103. The van der Waals surface area contributed by atoms with Gasteiger partial charge in [-0.3, -0.25) is 9.88 Å². The average Bonchev–Trinajstić information content (AvgIpc) is 2.57. The standard InChI is InChI=1S/C17H20FN3O/c1-22-16-6-5-13(18)12-14(16)17(15-4-2-3-7-20-15)21-10-8-19-9-11-21/h2-7,12,17,19H,8-11H2,1H3. The summed E-state index contributed by atoms with van der Waals surface area (Å²) in [5, 5.41) is 3.35. The maximum Gasteiger partial charge on any atom is 0.124 e. The van der Waals surface area contributed by atoms with E-state index in [0.717, 1.165) is 37.4 Å². The van der Waals surface area contributed by atoms with Crippen LogP contribution in [0.5, 0.6) is 5.75 Å². The molecule has 1 atom stereocenters. The van der Waals surface area contributed by atoms with Gasteiger partial charge in [0, 0.05) is 37.9 Å². The minimum atomic E-state index is -0.258. The molecule has 1 saturated heterocycles. The van der Waals surface area contributed by atoms with Gasteiger partial charge in [-0.2, -0.15) is 0 Å². The molecule has 3 rings (SSSR count). The predicted octanol–water partition coefficient (Wildman–Crippen LogP) is 2.22. The summed E-state index contributed by atoms with van der Waals surface area (Å²) in [6, 6.07) is 10.4. The van der Waals surface area contributed by atoms with Crippen molar-refractivity contribution in [3.63, 3.8) is 0 Å². The summed E-state index contributed by atoms with van der Waals surface area (Å²) in [7, 11) is 1.62. The first-order chi connectivity index (χ1) is 10.8. The molecule has 1 aromatic heterocycles. The number of methoxy groups -OCH3 is 1. The number of nitrogens with zero attached hydrogens (tertiary/aromatic N) is 2. The molecule has 5 heteroatoms. The van der Waals surface area contributed by atoms with E-state index in [0.29, 0.717) is 5.75 Å². The third-order valence-electron chi connectivity index (χ3n) is 3.97. The first kappa shape index (κ1) is 14.9. The van der Waals surface area contributed by atoms with E-state index < -0.39 is 0 Å². The van der Waals surface area contributed by atoms with Crippen molar-refractivity contribution < 1.29 is 9.13 Å². The maximum absolute atomic E-state index is 13.8. The van der Waals surface area contributed by atoms with Gasteiger partial charge >= 0.3 is 0 Å². The average molecular weight is 301 g/mol. The van der Waals surface area contributed by atoms with Gasteiger partial charge in [-0.15, -0.1) is 0 Å². The third-order valence-corrected chi connectivity index (χ3v) is 3.97. The number of pyridine rings is 1. The first-order valence-corrected chi connectivity index (χ1v) is 7.48. The topological polar surface area (TPSA) is 37.4 Å². The van der Waals surface area contributed by atoms with Crippen molar-refractivity contribution in [2.75, 3.05) is 33.3 Å². The second kappa shape index (κ2) is 6.85. The number of hydrogen-bond acceptors (Lipinski definition) is 4. The Morgan fingerprint density at radius 2 is 2.05 bits per heavy atom. The van der Waals surface area contributed by atoms with Gasteiger partial charge in [-0.1, -0.05) is 6.07 Å². The molecule has 1 unspecified atom stereocenters. The lowest BCUT2D eigenvalue weighted by molar-refractivity contribution is 0.192. The number of halogens is 1. The highest BCUT2D eigenvalue weighted by molar-refractivity contribution is 5.40. The van der Waals surface area contributed by atoms with Crippen LogP contribution >= 0.6 is 0 Å². The Bertz CT molecular complexity index is 615. The number of rotatable bonds is 4. The maximum atomic E-state index is 13.8. The monoisotopic (exact) mass is 301 g/mol. The van der Waals surface area contributed by atoms with Crippen LogP contribution in [-0.4, -0.2) is 43.2 Å². The van der Waals surface area contributed by atoms with Gasteiger partial charge in [-0.05, 0) is 30.3 Å². The minimum Gasteiger partial charge on any atom is -0.496 e. The summed E-state index contributed by atoms with van der Waals surface area (Å²) in [5.41, 5.74) is 1.73. The zero-order chi connectivity index (χ0) is 15.4. The van der Waals surface area contributed by atoms with E-state index in [2.05, 4.69) is 15.2 Å². The molecule has 1 N–H and O–H groups in total. The van der Waals surface area contributed by atoms with E-state index in [1.807, 2.05) is 18.2 Å². The number of piperazine rings is 1. The molecule has 2 aromatic rings. The molecule has 2 heterocycles. The van der Waals surface area contributed by atoms with E-state index >= 15 is 0 Å². The fourth-order valence-corrected chi connectivity index (χ4v) is 2.94. The van der Waals surface area contributed by atoms with Crippen LogP contribution in [0, 0.1) is 5.82 Å². The fraction of sp³-hybridized carbons (Fsp3) is 0.353. The quantitative estimate of drug-likeness (QED) is 0.939. The van der Waals surface area contributed by atoms with Gasteiger partial charge < -0.3 is 10.1 Å². The zero-order valence-electron chi connectivity index (χ0n) is 12.6. The van der Waals surface area contributed by atoms with Crippen LogP contribution in [0.1, 0.15) is 17.3 Å². The molecule has 0 aliphatic carbocycles. The smallest absolute Gasteiger partial charge is 0.124 e. The highest BCUT2D eigenvalue weighted by atomic mass is 19.1. The Morgan fingerprint density at radius 3 is 2.73 bits per heavy atom. The van der Waals surface area contributed by atoms with Crippen molar-refractivity contribution in [2.45, 2.75) is 6.04 Å². The molecule has 0 saturated carbocycles. The summed E-state index contributed by atoms with van der Waals surface area (Å²) >= 11 is 0. The van der Waals surface area contributed by atoms with Crippen LogP contribution < -0.4 is 10.1 Å². The van der Waals surface area contributed by atoms with Crippen LogP contribution in [0.15, 0.2) is 42.6 Å². The van der Waals surface area contributed by atoms with Gasteiger partial charge in [0.05, 0.1) is 18.8 Å². The Morgan fingerprint density at radius 1 is 1.23 bits per heavy atom. The second-order valence-electron chi connectivity index (χ2n) is 5.33. The Balaban J connectivity index is 2.07. The van der Waals surface area contributed by atoms with Crippen molar-refractivity contribution >= 4 is 0 Å². The van der Waals surface area contributed by atoms with E-state index in [-0.39, 0.29) is 11.9 Å². The summed E-state index contributed by atoms with van der Waals surface area (Å²) in [5.74, 6) is 0.433. The third kappa shape index (κ3) is 3.10. The number of nitrogens with one attached hydrogen (secondary N) is 1. The molecule has 1 aliphatic rings. The van der Waals surface area contributed by atoms with Gasteiger partial charge in [0.15, 0.2) is 0 Å². The van der Waals surface area contributed by atoms with Gasteiger partial charge in [0.1, 0.15) is 11.6 Å². The molecule has 1 aliphatic heterocycles. The second-order valence-corrected chi connectivity index (χ2v) is 5.33. The SMILES string of the molecule is COc1ccc(F)cc1C(c1ccccn1)N1CCNCC1. The molecule has 0 amide bonds. The van der Waals surface area contributed by atoms with Crippen LogP contribution in [0.4, 0.5) is 4.39 Å². The van der Waals surface area contributed by atoms with Crippen molar-refractivity contribution in [3.8, 4) is 5.75 Å². The molecule has 4 nitrogen and oxygen atoms in total. The van der Waals surface area contributed by atoms with Crippen LogP contribution in [-0.2, 0) is 0 Å². The van der Waals surface area contributed by atoms with Crippen LogP contribution in [0.25, 0.3) is 0 Å². The summed E-state index contributed by atoms with van der Waals surface area (Å²) in [6.45, 7) is 3.61. The molecule has 116 valence electrons. The highest BCUT2D eigenvalue weighted by Crippen LogP contribution is 2.34. The molecule has 0 bridgehead atoms. The number of aromatic nitrogens is 1. The Hall–Kier alpha value is -1.98. The lowest BCUT2D eigenvalue weighted by Crippen LogP contribution is -2.45.